The first kappa shape index (κ1) is 17.7. The van der Waals surface area contributed by atoms with E-state index >= 15 is 0 Å². The van der Waals surface area contributed by atoms with E-state index in [2.05, 4.69) is 6.92 Å². The second-order valence-electron chi connectivity index (χ2n) is 7.03. The van der Waals surface area contributed by atoms with E-state index in [1.807, 2.05) is 24.3 Å². The fourth-order valence-electron chi connectivity index (χ4n) is 3.72. The van der Waals surface area contributed by atoms with Crippen molar-refractivity contribution in [2.24, 2.45) is 5.41 Å². The molecule has 0 heterocycles. The summed E-state index contributed by atoms with van der Waals surface area (Å²) in [6.07, 6.45) is 8.82. The molecule has 1 saturated carbocycles. The zero-order valence-corrected chi connectivity index (χ0v) is 14.1. The number of hydrogen-bond donors (Lipinski definition) is 1. The maximum atomic E-state index is 12.6. The van der Waals surface area contributed by atoms with Gasteiger partial charge in [-0.2, -0.15) is 0 Å². The third-order valence-electron chi connectivity index (χ3n) is 5.07. The Labute approximate surface area is 139 Å². The number of carbonyl (C=O) groups is 2. The van der Waals surface area contributed by atoms with Gasteiger partial charge < -0.3 is 5.11 Å². The Morgan fingerprint density at radius 1 is 1.04 bits per heavy atom. The molecule has 1 fully saturated rings. The normalized spacial score (nSPS) is 16.9. The molecule has 0 saturated heterocycles. The summed E-state index contributed by atoms with van der Waals surface area (Å²) in [6.45, 7) is 2.17. The zero-order chi connectivity index (χ0) is 16.7. The van der Waals surface area contributed by atoms with Crippen LogP contribution < -0.4 is 0 Å². The maximum absolute atomic E-state index is 12.6. The quantitative estimate of drug-likeness (QED) is 0.685. The van der Waals surface area contributed by atoms with E-state index in [1.54, 1.807) is 0 Å². The summed E-state index contributed by atoms with van der Waals surface area (Å²) in [5, 5.41) is 9.22. The summed E-state index contributed by atoms with van der Waals surface area (Å²) in [6, 6.07) is 7.89. The number of carboxylic acid groups (broad SMARTS) is 1. The lowest BCUT2D eigenvalue weighted by atomic mass is 9.68. The van der Waals surface area contributed by atoms with Crippen LogP contribution in [-0.2, 0) is 11.2 Å². The summed E-state index contributed by atoms with van der Waals surface area (Å²) in [7, 11) is 0. The Morgan fingerprint density at radius 2 is 1.70 bits per heavy atom. The van der Waals surface area contributed by atoms with Crippen LogP contribution in [-0.4, -0.2) is 16.9 Å². The highest BCUT2D eigenvalue weighted by molar-refractivity contribution is 5.96. The van der Waals surface area contributed by atoms with E-state index in [9.17, 15) is 14.7 Å². The number of unbranched alkanes of at least 4 members (excludes halogenated alkanes) is 1. The first-order valence-corrected chi connectivity index (χ1v) is 8.89. The summed E-state index contributed by atoms with van der Waals surface area (Å²) < 4.78 is 0. The van der Waals surface area contributed by atoms with Crippen LogP contribution >= 0.6 is 0 Å². The molecule has 2 rings (SSSR count). The maximum Gasteiger partial charge on any atom is 0.303 e. The highest BCUT2D eigenvalue weighted by Gasteiger charge is 2.36. The van der Waals surface area contributed by atoms with Crippen LogP contribution in [0.4, 0.5) is 0 Å². The molecule has 3 nitrogen and oxygen atoms in total. The monoisotopic (exact) mass is 316 g/mol. The first-order chi connectivity index (χ1) is 11.0. The van der Waals surface area contributed by atoms with Gasteiger partial charge in [0, 0.05) is 12.0 Å². The average molecular weight is 316 g/mol. The van der Waals surface area contributed by atoms with Gasteiger partial charge in [0.15, 0.2) is 5.78 Å². The van der Waals surface area contributed by atoms with Gasteiger partial charge in [-0.1, -0.05) is 56.9 Å². The van der Waals surface area contributed by atoms with E-state index in [4.69, 9.17) is 0 Å². The van der Waals surface area contributed by atoms with Gasteiger partial charge in [0.1, 0.15) is 0 Å². The van der Waals surface area contributed by atoms with Crippen LogP contribution in [0, 0.1) is 5.41 Å². The second-order valence-corrected chi connectivity index (χ2v) is 7.03. The first-order valence-electron chi connectivity index (χ1n) is 8.89. The van der Waals surface area contributed by atoms with Crippen LogP contribution in [0.2, 0.25) is 0 Å². The minimum Gasteiger partial charge on any atom is -0.481 e. The Balaban J connectivity index is 2.04. The minimum atomic E-state index is -0.783. The number of hydrogen-bond acceptors (Lipinski definition) is 2. The molecule has 0 radical (unpaired) electrons. The summed E-state index contributed by atoms with van der Waals surface area (Å²) in [4.78, 5) is 23.9. The number of carboxylic acids is 1. The molecule has 1 aliphatic carbocycles. The highest BCUT2D eigenvalue weighted by atomic mass is 16.4. The van der Waals surface area contributed by atoms with E-state index in [0.29, 0.717) is 6.42 Å². The number of Topliss-reactive ketones (excluding diaryl/α,β-unsaturated/α-hetero) is 1. The van der Waals surface area contributed by atoms with Crippen molar-refractivity contribution >= 4 is 11.8 Å². The van der Waals surface area contributed by atoms with Crippen molar-refractivity contribution in [1.29, 1.82) is 0 Å². The summed E-state index contributed by atoms with van der Waals surface area (Å²) in [5.41, 5.74) is 1.66. The van der Waals surface area contributed by atoms with Crippen LogP contribution in [0.25, 0.3) is 0 Å². The van der Waals surface area contributed by atoms with Crippen molar-refractivity contribution < 1.29 is 14.7 Å². The molecular weight excluding hydrogens is 288 g/mol. The number of aliphatic carboxylic acids is 1. The molecule has 23 heavy (non-hydrogen) atoms. The zero-order valence-electron chi connectivity index (χ0n) is 14.1. The molecule has 0 atom stereocenters. The summed E-state index contributed by atoms with van der Waals surface area (Å²) >= 11 is 0. The second kappa shape index (κ2) is 8.28. The summed E-state index contributed by atoms with van der Waals surface area (Å²) in [5.74, 6) is -0.690. The molecule has 0 bridgehead atoms. The number of carbonyl (C=O) groups excluding carboxylic acids is 1. The van der Waals surface area contributed by atoms with Crippen molar-refractivity contribution in [1.82, 2.24) is 0 Å². The molecule has 0 amide bonds. The van der Waals surface area contributed by atoms with Gasteiger partial charge in [0.25, 0.3) is 0 Å². The molecule has 1 aliphatic rings. The van der Waals surface area contributed by atoms with E-state index in [0.717, 1.165) is 50.5 Å². The van der Waals surface area contributed by atoms with Crippen molar-refractivity contribution in [2.45, 2.75) is 71.1 Å². The van der Waals surface area contributed by atoms with Crippen LogP contribution in [0.5, 0.6) is 0 Å². The van der Waals surface area contributed by atoms with E-state index in [-0.39, 0.29) is 17.6 Å². The number of aryl methyl sites for hydroxylation is 1. The topological polar surface area (TPSA) is 54.4 Å². The van der Waals surface area contributed by atoms with Crippen LogP contribution in [0.3, 0.4) is 0 Å². The molecule has 126 valence electrons. The SMILES string of the molecule is CCCCc1ccc(C(=O)CC2(CC(=O)O)CCCCC2)cc1. The molecule has 0 aliphatic heterocycles. The predicted octanol–water partition coefficient (Wildman–Crippen LogP) is 5.03. The van der Waals surface area contributed by atoms with Crippen LogP contribution in [0.15, 0.2) is 24.3 Å². The number of ketones is 1. The van der Waals surface area contributed by atoms with Gasteiger partial charge in [-0.15, -0.1) is 0 Å². The molecule has 1 aromatic rings. The van der Waals surface area contributed by atoms with Crippen molar-refractivity contribution in [3.05, 3.63) is 35.4 Å². The van der Waals surface area contributed by atoms with Gasteiger partial charge in [-0.05, 0) is 36.7 Å². The molecule has 0 aromatic heterocycles. The van der Waals surface area contributed by atoms with Gasteiger partial charge in [-0.25, -0.2) is 0 Å². The standard InChI is InChI=1S/C20H28O3/c1-2-3-7-16-8-10-17(11-9-16)18(21)14-20(15-19(22)23)12-5-4-6-13-20/h8-11H,2-7,12-15H2,1H3,(H,22,23). The molecule has 1 N–H and O–H groups in total. The molecule has 0 spiro atoms. The number of benzene rings is 1. The lowest BCUT2D eigenvalue weighted by Crippen LogP contribution is -2.30. The Hall–Kier alpha value is -1.64. The van der Waals surface area contributed by atoms with E-state index in [1.165, 1.54) is 12.0 Å². The van der Waals surface area contributed by atoms with Gasteiger partial charge in [-0.3, -0.25) is 9.59 Å². The van der Waals surface area contributed by atoms with Gasteiger partial charge >= 0.3 is 5.97 Å². The Kier molecular flexibility index (Phi) is 6.37. The fourth-order valence-corrected chi connectivity index (χ4v) is 3.72. The average Bonchev–Trinajstić information content (AvgIpc) is 2.53. The molecular formula is C20H28O3. The van der Waals surface area contributed by atoms with E-state index < -0.39 is 5.97 Å². The highest BCUT2D eigenvalue weighted by Crippen LogP contribution is 2.43. The largest absolute Gasteiger partial charge is 0.481 e. The Morgan fingerprint density at radius 3 is 2.26 bits per heavy atom. The van der Waals surface area contributed by atoms with Gasteiger partial charge in [0.05, 0.1) is 6.42 Å². The minimum absolute atomic E-state index is 0.0928. The Bertz CT molecular complexity index is 524. The third kappa shape index (κ3) is 5.19. The fraction of sp³-hybridized carbons (Fsp3) is 0.600. The molecule has 3 heteroatoms. The third-order valence-corrected chi connectivity index (χ3v) is 5.07. The van der Waals surface area contributed by atoms with Crippen LogP contribution in [0.1, 0.15) is 80.6 Å². The lowest BCUT2D eigenvalue weighted by Gasteiger charge is -2.35. The smallest absolute Gasteiger partial charge is 0.303 e. The van der Waals surface area contributed by atoms with Crippen molar-refractivity contribution in [3.8, 4) is 0 Å². The molecule has 1 aromatic carbocycles. The lowest BCUT2D eigenvalue weighted by molar-refractivity contribution is -0.140. The van der Waals surface area contributed by atoms with Gasteiger partial charge in [0.2, 0.25) is 0 Å². The number of rotatable bonds is 8. The molecule has 0 unspecified atom stereocenters. The predicted molar refractivity (Wildman–Crippen MR) is 91.8 cm³/mol. The van der Waals surface area contributed by atoms with Crippen molar-refractivity contribution in [3.63, 3.8) is 0 Å². The van der Waals surface area contributed by atoms with Crippen molar-refractivity contribution in [2.75, 3.05) is 0 Å².